The fourth-order valence-electron chi connectivity index (χ4n) is 3.68. The fourth-order valence-corrected chi connectivity index (χ4v) is 3.68. The molecule has 1 aliphatic heterocycles. The third-order valence-corrected chi connectivity index (χ3v) is 5.50. The Labute approximate surface area is 123 Å². The molecule has 0 amide bonds. The average Bonchev–Trinajstić information content (AvgIpc) is 2.40. The average molecular weight is 281 g/mol. The highest BCUT2D eigenvalue weighted by Crippen LogP contribution is 2.33. The number of aliphatic hydroxyl groups is 1. The van der Waals surface area contributed by atoms with Crippen molar-refractivity contribution >= 4 is 5.78 Å². The Bertz CT molecular complexity index is 338. The zero-order chi connectivity index (χ0) is 14.8. The van der Waals surface area contributed by atoms with Gasteiger partial charge in [-0.05, 0) is 45.1 Å². The number of rotatable bonds is 4. The predicted octanol–water partition coefficient (Wildman–Crippen LogP) is 3.01. The number of carbonyl (C=O) groups is 1. The van der Waals surface area contributed by atoms with Gasteiger partial charge >= 0.3 is 0 Å². The molecule has 2 fully saturated rings. The second-order valence-electron chi connectivity index (χ2n) is 7.36. The van der Waals surface area contributed by atoms with Crippen LogP contribution in [0.3, 0.4) is 0 Å². The van der Waals surface area contributed by atoms with E-state index in [1.807, 2.05) is 6.92 Å². The molecule has 1 saturated heterocycles. The lowest BCUT2D eigenvalue weighted by molar-refractivity contribution is -0.129. The molecule has 0 radical (unpaired) electrons. The second kappa shape index (κ2) is 6.57. The zero-order valence-corrected chi connectivity index (χ0v) is 13.4. The van der Waals surface area contributed by atoms with E-state index in [0.717, 1.165) is 32.2 Å². The maximum atomic E-state index is 12.2. The quantitative estimate of drug-likeness (QED) is 0.861. The minimum Gasteiger partial charge on any atom is -0.389 e. The van der Waals surface area contributed by atoms with Crippen molar-refractivity contribution in [3.05, 3.63) is 0 Å². The molecule has 3 nitrogen and oxygen atoms in total. The second-order valence-corrected chi connectivity index (χ2v) is 7.36. The van der Waals surface area contributed by atoms with Gasteiger partial charge in [0.15, 0.2) is 0 Å². The van der Waals surface area contributed by atoms with E-state index in [4.69, 9.17) is 0 Å². The van der Waals surface area contributed by atoms with E-state index in [1.165, 1.54) is 19.3 Å². The summed E-state index contributed by atoms with van der Waals surface area (Å²) in [5, 5.41) is 10.6. The smallest absolute Gasteiger partial charge is 0.137 e. The fraction of sp³-hybridized carbons (Fsp3) is 0.941. The standard InChI is InChI=1S/C17H31NO2/c1-13(2)17(3,20)12-18-11-7-6-9-15(18)14-8-4-5-10-16(14)19/h13-15,20H,4-12H2,1-3H3. The minimum atomic E-state index is -0.659. The molecular weight excluding hydrogens is 250 g/mol. The van der Waals surface area contributed by atoms with Gasteiger partial charge in [-0.3, -0.25) is 9.69 Å². The summed E-state index contributed by atoms with van der Waals surface area (Å²) in [6, 6.07) is 0.377. The highest BCUT2D eigenvalue weighted by Gasteiger charge is 2.38. The van der Waals surface area contributed by atoms with Crippen LogP contribution in [-0.4, -0.2) is 40.5 Å². The SMILES string of the molecule is CC(C)C(C)(O)CN1CCCCC1C1CCCCC1=O. The van der Waals surface area contributed by atoms with Crippen LogP contribution in [0, 0.1) is 11.8 Å². The van der Waals surface area contributed by atoms with Crippen LogP contribution in [0.1, 0.15) is 65.7 Å². The van der Waals surface area contributed by atoms with Crippen LogP contribution in [0.5, 0.6) is 0 Å². The molecular formula is C17H31NO2. The molecule has 0 aromatic heterocycles. The van der Waals surface area contributed by atoms with Crippen LogP contribution in [0.4, 0.5) is 0 Å². The van der Waals surface area contributed by atoms with Gasteiger partial charge in [0.05, 0.1) is 5.60 Å². The van der Waals surface area contributed by atoms with E-state index < -0.39 is 5.60 Å². The first-order valence-electron chi connectivity index (χ1n) is 8.41. The molecule has 0 spiro atoms. The van der Waals surface area contributed by atoms with Gasteiger partial charge in [0.2, 0.25) is 0 Å². The van der Waals surface area contributed by atoms with Gasteiger partial charge in [0, 0.05) is 24.9 Å². The molecule has 1 N–H and O–H groups in total. The lowest BCUT2D eigenvalue weighted by Gasteiger charge is -2.44. The van der Waals surface area contributed by atoms with E-state index in [0.29, 0.717) is 18.4 Å². The Morgan fingerprint density at radius 3 is 2.60 bits per heavy atom. The number of nitrogens with zero attached hydrogens (tertiary/aromatic N) is 1. The van der Waals surface area contributed by atoms with Crippen molar-refractivity contribution in [3.63, 3.8) is 0 Å². The van der Waals surface area contributed by atoms with E-state index in [-0.39, 0.29) is 11.8 Å². The molecule has 3 heteroatoms. The van der Waals surface area contributed by atoms with E-state index in [9.17, 15) is 9.90 Å². The molecule has 0 bridgehead atoms. The van der Waals surface area contributed by atoms with Crippen molar-refractivity contribution in [3.8, 4) is 0 Å². The Balaban J connectivity index is 2.06. The van der Waals surface area contributed by atoms with Crippen molar-refractivity contribution in [2.75, 3.05) is 13.1 Å². The van der Waals surface area contributed by atoms with E-state index in [1.54, 1.807) is 0 Å². The molecule has 0 aromatic carbocycles. The van der Waals surface area contributed by atoms with Gasteiger partial charge < -0.3 is 5.11 Å². The van der Waals surface area contributed by atoms with Crippen molar-refractivity contribution in [2.45, 2.75) is 77.4 Å². The maximum Gasteiger partial charge on any atom is 0.137 e. The van der Waals surface area contributed by atoms with Gasteiger partial charge in [0.25, 0.3) is 0 Å². The van der Waals surface area contributed by atoms with Crippen LogP contribution >= 0.6 is 0 Å². The number of hydrogen-bond acceptors (Lipinski definition) is 3. The number of piperidine rings is 1. The lowest BCUT2D eigenvalue weighted by atomic mass is 9.78. The van der Waals surface area contributed by atoms with Gasteiger partial charge in [-0.15, -0.1) is 0 Å². The molecule has 116 valence electrons. The molecule has 3 unspecified atom stereocenters. The first kappa shape index (κ1) is 16.0. The number of ketones is 1. The number of β-amino-alcohol motifs (C(OH)–C–C–N with tert-alkyl or cyclic N) is 1. The molecule has 1 saturated carbocycles. The highest BCUT2D eigenvalue weighted by molar-refractivity contribution is 5.82. The van der Waals surface area contributed by atoms with Crippen LogP contribution in [-0.2, 0) is 4.79 Å². The number of carbonyl (C=O) groups excluding carboxylic acids is 1. The van der Waals surface area contributed by atoms with Crippen LogP contribution in [0.2, 0.25) is 0 Å². The molecule has 1 aliphatic carbocycles. The Hall–Kier alpha value is -0.410. The summed E-state index contributed by atoms with van der Waals surface area (Å²) < 4.78 is 0. The Kier molecular flexibility index (Phi) is 5.25. The molecule has 2 rings (SSSR count). The summed E-state index contributed by atoms with van der Waals surface area (Å²) in [5.74, 6) is 0.941. The molecule has 20 heavy (non-hydrogen) atoms. The number of Topliss-reactive ketones (excluding diaryl/α,β-unsaturated/α-hetero) is 1. The first-order chi connectivity index (χ1) is 9.42. The monoisotopic (exact) mass is 281 g/mol. The topological polar surface area (TPSA) is 40.5 Å². The minimum absolute atomic E-state index is 0.229. The summed E-state index contributed by atoms with van der Waals surface area (Å²) in [6.45, 7) is 7.83. The lowest BCUT2D eigenvalue weighted by Crippen LogP contribution is -2.54. The van der Waals surface area contributed by atoms with Gasteiger partial charge in [0.1, 0.15) is 5.78 Å². The van der Waals surface area contributed by atoms with Crippen LogP contribution in [0.25, 0.3) is 0 Å². The van der Waals surface area contributed by atoms with E-state index >= 15 is 0 Å². The summed E-state index contributed by atoms with van der Waals surface area (Å²) in [5.41, 5.74) is -0.659. The summed E-state index contributed by atoms with van der Waals surface area (Å²) in [4.78, 5) is 14.7. The number of likely N-dealkylation sites (tertiary alicyclic amines) is 1. The van der Waals surface area contributed by atoms with Crippen LogP contribution < -0.4 is 0 Å². The largest absolute Gasteiger partial charge is 0.389 e. The molecule has 2 aliphatic rings. The van der Waals surface area contributed by atoms with E-state index in [2.05, 4.69) is 18.7 Å². The Morgan fingerprint density at radius 1 is 1.25 bits per heavy atom. The normalized spacial score (nSPS) is 32.4. The van der Waals surface area contributed by atoms with Crippen molar-refractivity contribution in [2.24, 2.45) is 11.8 Å². The number of hydrogen-bond donors (Lipinski definition) is 1. The van der Waals surface area contributed by atoms with Crippen LogP contribution in [0.15, 0.2) is 0 Å². The molecule has 0 aromatic rings. The molecule has 1 heterocycles. The third kappa shape index (κ3) is 3.62. The molecule has 3 atom stereocenters. The van der Waals surface area contributed by atoms with Crippen molar-refractivity contribution in [1.82, 2.24) is 4.90 Å². The highest BCUT2D eigenvalue weighted by atomic mass is 16.3. The summed E-state index contributed by atoms with van der Waals surface area (Å²) in [7, 11) is 0. The predicted molar refractivity (Wildman–Crippen MR) is 81.6 cm³/mol. The van der Waals surface area contributed by atoms with Crippen molar-refractivity contribution in [1.29, 1.82) is 0 Å². The summed E-state index contributed by atoms with van der Waals surface area (Å²) in [6.07, 6.45) is 7.66. The third-order valence-electron chi connectivity index (χ3n) is 5.50. The van der Waals surface area contributed by atoms with Gasteiger partial charge in [-0.2, -0.15) is 0 Å². The summed E-state index contributed by atoms with van der Waals surface area (Å²) >= 11 is 0. The first-order valence-corrected chi connectivity index (χ1v) is 8.41. The Morgan fingerprint density at radius 2 is 1.95 bits per heavy atom. The van der Waals surface area contributed by atoms with Crippen molar-refractivity contribution < 1.29 is 9.90 Å². The van der Waals surface area contributed by atoms with Gasteiger partial charge in [-0.25, -0.2) is 0 Å². The maximum absolute atomic E-state index is 12.2. The van der Waals surface area contributed by atoms with Gasteiger partial charge in [-0.1, -0.05) is 26.7 Å². The zero-order valence-electron chi connectivity index (χ0n) is 13.4.